The van der Waals surface area contributed by atoms with E-state index in [1.54, 1.807) is 12.1 Å². The number of anilines is 1. The van der Waals surface area contributed by atoms with E-state index in [1.165, 1.54) is 21.3 Å². The second-order valence-electron chi connectivity index (χ2n) is 4.33. The molecule has 20 heavy (non-hydrogen) atoms. The topological polar surface area (TPSA) is 82.8 Å². The summed E-state index contributed by atoms with van der Waals surface area (Å²) in [4.78, 5) is 11.8. The molecule has 0 aromatic heterocycles. The Labute approximate surface area is 119 Å². The summed E-state index contributed by atoms with van der Waals surface area (Å²) in [5, 5.41) is 2.77. The number of nitrogens with one attached hydrogen (secondary N) is 1. The third kappa shape index (κ3) is 4.03. The molecule has 1 aromatic rings. The number of nitrogens with two attached hydrogens (primary N) is 1. The molecule has 0 fully saturated rings. The van der Waals surface area contributed by atoms with Gasteiger partial charge in [0.15, 0.2) is 11.5 Å². The van der Waals surface area contributed by atoms with Crippen LogP contribution in [-0.2, 0) is 4.79 Å². The van der Waals surface area contributed by atoms with Crippen LogP contribution >= 0.6 is 0 Å². The summed E-state index contributed by atoms with van der Waals surface area (Å²) in [7, 11) is 4.57. The average Bonchev–Trinajstić information content (AvgIpc) is 2.45. The molecule has 0 saturated heterocycles. The maximum Gasteiger partial charge on any atom is 0.225 e. The van der Waals surface area contributed by atoms with Gasteiger partial charge in [-0.15, -0.1) is 0 Å². The van der Waals surface area contributed by atoms with E-state index in [0.29, 0.717) is 22.9 Å². The number of ether oxygens (including phenoxy) is 3. The molecule has 0 aliphatic rings. The van der Waals surface area contributed by atoms with Gasteiger partial charge in [0.2, 0.25) is 11.7 Å². The van der Waals surface area contributed by atoms with Crippen LogP contribution in [0, 0.1) is 0 Å². The van der Waals surface area contributed by atoms with E-state index < -0.39 is 0 Å². The standard InChI is InChI=1S/C14H22N2O4/c1-5-9(15)6-13(17)16-10-7-11(18-2)14(20-4)12(8-10)19-3/h7-9H,5-6,15H2,1-4H3,(H,16,17). The van der Waals surface area contributed by atoms with Crippen molar-refractivity contribution in [1.82, 2.24) is 0 Å². The highest BCUT2D eigenvalue weighted by molar-refractivity contribution is 5.91. The minimum Gasteiger partial charge on any atom is -0.493 e. The summed E-state index contributed by atoms with van der Waals surface area (Å²) in [6.45, 7) is 1.94. The summed E-state index contributed by atoms with van der Waals surface area (Å²) in [5.74, 6) is 1.32. The number of methoxy groups -OCH3 is 3. The van der Waals surface area contributed by atoms with Crippen LogP contribution in [0.25, 0.3) is 0 Å². The van der Waals surface area contributed by atoms with E-state index in [4.69, 9.17) is 19.9 Å². The van der Waals surface area contributed by atoms with E-state index in [0.717, 1.165) is 6.42 Å². The predicted octanol–water partition coefficient (Wildman–Crippen LogP) is 1.78. The molecule has 6 nitrogen and oxygen atoms in total. The van der Waals surface area contributed by atoms with E-state index in [-0.39, 0.29) is 18.4 Å². The normalized spacial score (nSPS) is 11.7. The monoisotopic (exact) mass is 282 g/mol. The van der Waals surface area contributed by atoms with E-state index in [2.05, 4.69) is 5.32 Å². The minimum atomic E-state index is -0.145. The molecule has 0 saturated carbocycles. The molecule has 1 unspecified atom stereocenters. The highest BCUT2D eigenvalue weighted by Crippen LogP contribution is 2.39. The fourth-order valence-corrected chi connectivity index (χ4v) is 1.75. The van der Waals surface area contributed by atoms with Crippen LogP contribution in [0.3, 0.4) is 0 Å². The fraction of sp³-hybridized carbons (Fsp3) is 0.500. The molecular weight excluding hydrogens is 260 g/mol. The molecule has 0 spiro atoms. The van der Waals surface area contributed by atoms with Crippen LogP contribution in [0.5, 0.6) is 17.2 Å². The average molecular weight is 282 g/mol. The second-order valence-corrected chi connectivity index (χ2v) is 4.33. The lowest BCUT2D eigenvalue weighted by Crippen LogP contribution is -2.26. The number of hydrogen-bond acceptors (Lipinski definition) is 5. The van der Waals surface area contributed by atoms with Crippen molar-refractivity contribution in [1.29, 1.82) is 0 Å². The molecule has 3 N–H and O–H groups in total. The highest BCUT2D eigenvalue weighted by atomic mass is 16.5. The summed E-state index contributed by atoms with van der Waals surface area (Å²) < 4.78 is 15.7. The lowest BCUT2D eigenvalue weighted by atomic mass is 10.1. The first-order valence-corrected chi connectivity index (χ1v) is 6.41. The smallest absolute Gasteiger partial charge is 0.225 e. The van der Waals surface area contributed by atoms with Gasteiger partial charge in [-0.1, -0.05) is 6.92 Å². The summed E-state index contributed by atoms with van der Waals surface area (Å²) in [6, 6.07) is 3.21. The van der Waals surface area contributed by atoms with Crippen LogP contribution in [0.1, 0.15) is 19.8 Å². The Morgan fingerprint density at radius 1 is 1.20 bits per heavy atom. The zero-order valence-electron chi connectivity index (χ0n) is 12.4. The molecule has 112 valence electrons. The largest absolute Gasteiger partial charge is 0.493 e. The van der Waals surface area contributed by atoms with Crippen LogP contribution in [0.2, 0.25) is 0 Å². The van der Waals surface area contributed by atoms with Crippen molar-refractivity contribution in [3.05, 3.63) is 12.1 Å². The summed E-state index contributed by atoms with van der Waals surface area (Å²) in [6.07, 6.45) is 1.02. The quantitative estimate of drug-likeness (QED) is 0.796. The van der Waals surface area contributed by atoms with Gasteiger partial charge in [-0.25, -0.2) is 0 Å². The summed E-state index contributed by atoms with van der Waals surface area (Å²) >= 11 is 0. The number of rotatable bonds is 7. The Kier molecular flexibility index (Phi) is 6.11. The van der Waals surface area contributed by atoms with Gasteiger partial charge in [0.1, 0.15) is 0 Å². The molecule has 1 atom stereocenters. The van der Waals surface area contributed by atoms with Crippen LogP contribution in [0.4, 0.5) is 5.69 Å². The summed E-state index contributed by atoms with van der Waals surface area (Å²) in [5.41, 5.74) is 6.33. The van der Waals surface area contributed by atoms with Crippen molar-refractivity contribution in [3.8, 4) is 17.2 Å². The van der Waals surface area contributed by atoms with Crippen molar-refractivity contribution in [2.75, 3.05) is 26.6 Å². The van der Waals surface area contributed by atoms with Crippen molar-refractivity contribution in [3.63, 3.8) is 0 Å². The Hall–Kier alpha value is -1.95. The van der Waals surface area contributed by atoms with Gasteiger partial charge in [0.25, 0.3) is 0 Å². The molecule has 1 rings (SSSR count). The molecule has 0 radical (unpaired) electrons. The number of carbonyl (C=O) groups excluding carboxylic acids is 1. The van der Waals surface area contributed by atoms with Crippen molar-refractivity contribution < 1.29 is 19.0 Å². The molecule has 1 amide bonds. The van der Waals surface area contributed by atoms with Crippen LogP contribution in [0.15, 0.2) is 12.1 Å². The van der Waals surface area contributed by atoms with Crippen molar-refractivity contribution in [2.45, 2.75) is 25.8 Å². The Morgan fingerprint density at radius 2 is 1.75 bits per heavy atom. The predicted molar refractivity (Wildman–Crippen MR) is 77.6 cm³/mol. The Balaban J connectivity index is 2.93. The zero-order chi connectivity index (χ0) is 15.1. The van der Waals surface area contributed by atoms with Crippen molar-refractivity contribution >= 4 is 11.6 Å². The third-order valence-corrected chi connectivity index (χ3v) is 2.92. The number of carbonyl (C=O) groups is 1. The molecule has 0 bridgehead atoms. The first kappa shape index (κ1) is 16.1. The maximum absolute atomic E-state index is 11.8. The first-order valence-electron chi connectivity index (χ1n) is 6.41. The van der Waals surface area contributed by atoms with E-state index in [1.807, 2.05) is 6.92 Å². The molecule has 1 aromatic carbocycles. The number of benzene rings is 1. The van der Waals surface area contributed by atoms with Gasteiger partial charge < -0.3 is 25.3 Å². The van der Waals surface area contributed by atoms with Gasteiger partial charge in [0, 0.05) is 30.3 Å². The molecular formula is C14H22N2O4. The van der Waals surface area contributed by atoms with E-state index in [9.17, 15) is 4.79 Å². The zero-order valence-corrected chi connectivity index (χ0v) is 12.4. The Bertz CT molecular complexity index is 437. The first-order chi connectivity index (χ1) is 9.55. The lowest BCUT2D eigenvalue weighted by Gasteiger charge is -2.15. The van der Waals surface area contributed by atoms with Gasteiger partial charge in [0.05, 0.1) is 21.3 Å². The van der Waals surface area contributed by atoms with Gasteiger partial charge in [-0.05, 0) is 6.42 Å². The molecule has 0 aliphatic heterocycles. The van der Waals surface area contributed by atoms with Crippen molar-refractivity contribution in [2.24, 2.45) is 5.73 Å². The van der Waals surface area contributed by atoms with Gasteiger partial charge in [-0.3, -0.25) is 4.79 Å². The van der Waals surface area contributed by atoms with E-state index >= 15 is 0 Å². The SMILES string of the molecule is CCC(N)CC(=O)Nc1cc(OC)c(OC)c(OC)c1. The molecule has 6 heteroatoms. The minimum absolute atomic E-state index is 0.142. The van der Waals surface area contributed by atoms with Gasteiger partial charge >= 0.3 is 0 Å². The fourth-order valence-electron chi connectivity index (χ4n) is 1.75. The van der Waals surface area contributed by atoms with Crippen LogP contribution < -0.4 is 25.3 Å². The second kappa shape index (κ2) is 7.59. The molecule has 0 heterocycles. The molecule has 0 aliphatic carbocycles. The number of amides is 1. The highest BCUT2D eigenvalue weighted by Gasteiger charge is 2.15. The third-order valence-electron chi connectivity index (χ3n) is 2.92. The lowest BCUT2D eigenvalue weighted by molar-refractivity contribution is -0.116. The Morgan fingerprint density at radius 3 is 2.15 bits per heavy atom. The van der Waals surface area contributed by atoms with Gasteiger partial charge in [-0.2, -0.15) is 0 Å². The van der Waals surface area contributed by atoms with Crippen LogP contribution in [-0.4, -0.2) is 33.3 Å². The maximum atomic E-state index is 11.8. The number of hydrogen-bond donors (Lipinski definition) is 2.